The summed E-state index contributed by atoms with van der Waals surface area (Å²) in [6.45, 7) is 12.8. The molecule has 2 heteroatoms. The number of carbonyl (C=O) groups is 1. The van der Waals surface area contributed by atoms with E-state index in [1.165, 1.54) is 0 Å². The zero-order valence-corrected chi connectivity index (χ0v) is 9.22. The Balaban J connectivity index is 0. The summed E-state index contributed by atoms with van der Waals surface area (Å²) in [5.41, 5.74) is 0. The van der Waals surface area contributed by atoms with Gasteiger partial charge in [0.15, 0.2) is 0 Å². The molecule has 0 aromatic heterocycles. The van der Waals surface area contributed by atoms with E-state index in [0.29, 0.717) is 6.41 Å². The standard InChI is InChI=1S/C6H14.C4H9NO/c1-5(2)6(3)4;1-4(2)5-3-6/h5-6H,1-4H3;3-4H,1-2H3,(H,5,6). The lowest BCUT2D eigenvalue weighted by Gasteiger charge is -2.05. The molecule has 1 N–H and O–H groups in total. The lowest BCUT2D eigenvalue weighted by molar-refractivity contribution is -0.109. The van der Waals surface area contributed by atoms with Crippen LogP contribution in [0.25, 0.3) is 0 Å². The molecule has 12 heavy (non-hydrogen) atoms. The Morgan fingerprint density at radius 3 is 1.25 bits per heavy atom. The van der Waals surface area contributed by atoms with E-state index >= 15 is 0 Å². The van der Waals surface area contributed by atoms with Gasteiger partial charge in [0, 0.05) is 6.04 Å². The van der Waals surface area contributed by atoms with E-state index in [4.69, 9.17) is 0 Å². The quantitative estimate of drug-likeness (QED) is 0.652. The van der Waals surface area contributed by atoms with Gasteiger partial charge in [-0.05, 0) is 25.7 Å². The van der Waals surface area contributed by atoms with Gasteiger partial charge in [-0.2, -0.15) is 0 Å². The zero-order chi connectivity index (χ0) is 10.1. The van der Waals surface area contributed by atoms with Gasteiger partial charge < -0.3 is 5.32 Å². The number of hydrogen-bond donors (Lipinski definition) is 1. The minimum absolute atomic E-state index is 0.280. The predicted molar refractivity (Wildman–Crippen MR) is 54.0 cm³/mol. The number of hydrogen-bond acceptors (Lipinski definition) is 1. The van der Waals surface area contributed by atoms with Crippen LogP contribution >= 0.6 is 0 Å². The predicted octanol–water partition coefficient (Wildman–Crippen LogP) is 2.44. The molecule has 0 unspecified atom stereocenters. The molecule has 0 atom stereocenters. The largest absolute Gasteiger partial charge is 0.357 e. The second kappa shape index (κ2) is 8.57. The molecule has 0 aromatic carbocycles. The van der Waals surface area contributed by atoms with Crippen molar-refractivity contribution in [3.05, 3.63) is 0 Å². The molecule has 0 aliphatic rings. The first-order chi connectivity index (χ1) is 5.41. The average Bonchev–Trinajstić information content (AvgIpc) is 1.87. The average molecular weight is 173 g/mol. The molecule has 0 radical (unpaired) electrons. The van der Waals surface area contributed by atoms with Gasteiger partial charge in [-0.15, -0.1) is 0 Å². The topological polar surface area (TPSA) is 29.1 Å². The Kier molecular flexibility index (Phi) is 10.0. The van der Waals surface area contributed by atoms with Crippen LogP contribution in [0.4, 0.5) is 0 Å². The van der Waals surface area contributed by atoms with Crippen molar-refractivity contribution in [3.8, 4) is 0 Å². The van der Waals surface area contributed by atoms with Gasteiger partial charge in [0.1, 0.15) is 0 Å². The van der Waals surface area contributed by atoms with E-state index in [1.807, 2.05) is 13.8 Å². The summed E-state index contributed by atoms with van der Waals surface area (Å²) in [5.74, 6) is 1.70. The minimum atomic E-state index is 0.280. The molecule has 0 bridgehead atoms. The molecule has 74 valence electrons. The molecule has 0 fully saturated rings. The van der Waals surface area contributed by atoms with Gasteiger partial charge in [0.2, 0.25) is 6.41 Å². The number of carbonyl (C=O) groups excluding carboxylic acids is 1. The molecule has 1 amide bonds. The van der Waals surface area contributed by atoms with Crippen molar-refractivity contribution in [1.82, 2.24) is 5.32 Å². The fourth-order valence-electron chi connectivity index (χ4n) is 0.136. The normalized spacial score (nSPS) is 9.75. The van der Waals surface area contributed by atoms with Gasteiger partial charge >= 0.3 is 0 Å². The van der Waals surface area contributed by atoms with E-state index in [2.05, 4.69) is 33.0 Å². The molecule has 0 saturated carbocycles. The zero-order valence-electron chi connectivity index (χ0n) is 9.22. The van der Waals surface area contributed by atoms with E-state index in [0.717, 1.165) is 11.8 Å². The third kappa shape index (κ3) is 16.2. The van der Waals surface area contributed by atoms with Crippen molar-refractivity contribution in [3.63, 3.8) is 0 Å². The Labute approximate surface area is 76.7 Å². The first-order valence-corrected chi connectivity index (χ1v) is 4.61. The van der Waals surface area contributed by atoms with Crippen LogP contribution in [-0.4, -0.2) is 12.5 Å². The van der Waals surface area contributed by atoms with Crippen LogP contribution in [-0.2, 0) is 4.79 Å². The molecule has 0 spiro atoms. The maximum atomic E-state index is 9.50. The first kappa shape index (κ1) is 14.0. The van der Waals surface area contributed by atoms with Crippen LogP contribution in [0.2, 0.25) is 0 Å². The third-order valence-corrected chi connectivity index (χ3v) is 1.73. The van der Waals surface area contributed by atoms with Crippen molar-refractivity contribution in [1.29, 1.82) is 0 Å². The highest BCUT2D eigenvalue weighted by Crippen LogP contribution is 2.05. The van der Waals surface area contributed by atoms with Gasteiger partial charge in [0.05, 0.1) is 0 Å². The first-order valence-electron chi connectivity index (χ1n) is 4.61. The van der Waals surface area contributed by atoms with E-state index < -0.39 is 0 Å². The summed E-state index contributed by atoms with van der Waals surface area (Å²) >= 11 is 0. The smallest absolute Gasteiger partial charge is 0.207 e. The minimum Gasteiger partial charge on any atom is -0.357 e. The molecule has 0 aliphatic heterocycles. The molecule has 0 saturated heterocycles. The second-order valence-electron chi connectivity index (χ2n) is 3.93. The van der Waals surface area contributed by atoms with Gasteiger partial charge in [-0.3, -0.25) is 4.79 Å². The number of nitrogens with one attached hydrogen (secondary N) is 1. The summed E-state index contributed by atoms with van der Waals surface area (Å²) < 4.78 is 0. The van der Waals surface area contributed by atoms with Crippen LogP contribution in [0.15, 0.2) is 0 Å². The van der Waals surface area contributed by atoms with E-state index in [-0.39, 0.29) is 6.04 Å². The molecular weight excluding hydrogens is 150 g/mol. The van der Waals surface area contributed by atoms with Crippen molar-refractivity contribution in [2.45, 2.75) is 47.6 Å². The van der Waals surface area contributed by atoms with Crippen LogP contribution in [0.1, 0.15) is 41.5 Å². The van der Waals surface area contributed by atoms with Crippen molar-refractivity contribution in [2.24, 2.45) is 11.8 Å². The molecule has 0 heterocycles. The summed E-state index contributed by atoms with van der Waals surface area (Å²) in [4.78, 5) is 9.50. The monoisotopic (exact) mass is 173 g/mol. The highest BCUT2D eigenvalue weighted by atomic mass is 16.1. The Hall–Kier alpha value is -0.530. The summed E-state index contributed by atoms with van der Waals surface area (Å²) in [5, 5.41) is 2.53. The van der Waals surface area contributed by atoms with Gasteiger partial charge in [-0.25, -0.2) is 0 Å². The van der Waals surface area contributed by atoms with Crippen molar-refractivity contribution in [2.75, 3.05) is 0 Å². The van der Waals surface area contributed by atoms with Crippen LogP contribution in [0.3, 0.4) is 0 Å². The lowest BCUT2D eigenvalue weighted by Crippen LogP contribution is -2.19. The fraction of sp³-hybridized carbons (Fsp3) is 0.900. The van der Waals surface area contributed by atoms with Crippen molar-refractivity contribution < 1.29 is 4.79 Å². The SMILES string of the molecule is CC(C)C(C)C.CC(C)NC=O. The molecule has 0 aliphatic carbocycles. The lowest BCUT2D eigenvalue weighted by atomic mass is 10.0. The molecule has 0 aromatic rings. The van der Waals surface area contributed by atoms with Crippen LogP contribution < -0.4 is 5.32 Å². The molecule has 2 nitrogen and oxygen atoms in total. The Morgan fingerprint density at radius 1 is 0.917 bits per heavy atom. The Bertz CT molecular complexity index is 92.0. The summed E-state index contributed by atoms with van der Waals surface area (Å²) in [7, 11) is 0. The van der Waals surface area contributed by atoms with Crippen LogP contribution in [0.5, 0.6) is 0 Å². The Morgan fingerprint density at radius 2 is 1.25 bits per heavy atom. The van der Waals surface area contributed by atoms with E-state index in [1.54, 1.807) is 0 Å². The highest BCUT2D eigenvalue weighted by Gasteiger charge is 1.95. The second-order valence-corrected chi connectivity index (χ2v) is 3.93. The summed E-state index contributed by atoms with van der Waals surface area (Å²) in [6, 6.07) is 0.280. The number of rotatable bonds is 3. The van der Waals surface area contributed by atoms with Gasteiger partial charge in [-0.1, -0.05) is 27.7 Å². The summed E-state index contributed by atoms with van der Waals surface area (Å²) in [6.07, 6.45) is 0.699. The molecular formula is C10H23NO. The third-order valence-electron chi connectivity index (χ3n) is 1.73. The maximum absolute atomic E-state index is 9.50. The van der Waals surface area contributed by atoms with E-state index in [9.17, 15) is 4.79 Å². The maximum Gasteiger partial charge on any atom is 0.207 e. The number of amides is 1. The van der Waals surface area contributed by atoms with Crippen molar-refractivity contribution >= 4 is 6.41 Å². The van der Waals surface area contributed by atoms with Crippen LogP contribution in [0, 0.1) is 11.8 Å². The molecule has 0 rings (SSSR count). The fourth-order valence-corrected chi connectivity index (χ4v) is 0.136. The van der Waals surface area contributed by atoms with Gasteiger partial charge in [0.25, 0.3) is 0 Å². The highest BCUT2D eigenvalue weighted by molar-refractivity contribution is 5.46.